The van der Waals surface area contributed by atoms with Gasteiger partial charge in [-0.2, -0.15) is 0 Å². The second-order valence-electron chi connectivity index (χ2n) is 12.5. The summed E-state index contributed by atoms with van der Waals surface area (Å²) < 4.78 is 0. The molecule has 0 saturated heterocycles. The summed E-state index contributed by atoms with van der Waals surface area (Å²) in [4.78, 5) is 0. The lowest BCUT2D eigenvalue weighted by atomic mass is 9.89. The van der Waals surface area contributed by atoms with Gasteiger partial charge in [0.25, 0.3) is 0 Å². The van der Waals surface area contributed by atoms with Gasteiger partial charge in [0, 0.05) is 0 Å². The highest BCUT2D eigenvalue weighted by molar-refractivity contribution is 4.68. The van der Waals surface area contributed by atoms with Crippen LogP contribution in [0, 0.1) is 11.8 Å². The molecule has 0 amide bonds. The van der Waals surface area contributed by atoms with Gasteiger partial charge in [0.1, 0.15) is 0 Å². The maximum atomic E-state index is 10.3. The van der Waals surface area contributed by atoms with Gasteiger partial charge in [0.05, 0.1) is 12.2 Å². The molecule has 2 nitrogen and oxygen atoms in total. The van der Waals surface area contributed by atoms with Gasteiger partial charge >= 0.3 is 0 Å². The standard InChI is InChI=1S/C34H70O2/c1-5-7-9-11-12-13-14-15-16-17-18-19-24-28-33(35)34(36)29-25-21-20-23-27-32(4)30-31(3)26-22-10-8-6-2/h31-36H,5-30H2,1-4H3. The number of rotatable bonds is 29. The SMILES string of the molecule is CCCCCCCCCCCCCCCC(O)C(O)CCCCCCC(C)CC(C)CCCCCC. The Labute approximate surface area is 228 Å². The minimum atomic E-state index is -0.519. The van der Waals surface area contributed by atoms with E-state index in [0.29, 0.717) is 0 Å². The molecule has 218 valence electrons. The van der Waals surface area contributed by atoms with Crippen LogP contribution >= 0.6 is 0 Å². The lowest BCUT2D eigenvalue weighted by molar-refractivity contribution is 0.00711. The van der Waals surface area contributed by atoms with E-state index in [4.69, 9.17) is 0 Å². The van der Waals surface area contributed by atoms with E-state index in [2.05, 4.69) is 27.7 Å². The van der Waals surface area contributed by atoms with Gasteiger partial charge in [-0.3, -0.25) is 0 Å². The summed E-state index contributed by atoms with van der Waals surface area (Å²) in [6.07, 6.45) is 32.6. The molecule has 0 radical (unpaired) electrons. The topological polar surface area (TPSA) is 40.5 Å². The van der Waals surface area contributed by atoms with Crippen LogP contribution < -0.4 is 0 Å². The number of hydrogen-bond donors (Lipinski definition) is 2. The first-order valence-corrected chi connectivity index (χ1v) is 16.9. The van der Waals surface area contributed by atoms with E-state index < -0.39 is 12.2 Å². The van der Waals surface area contributed by atoms with Crippen LogP contribution in [0.4, 0.5) is 0 Å². The number of hydrogen-bond acceptors (Lipinski definition) is 2. The van der Waals surface area contributed by atoms with E-state index in [9.17, 15) is 10.2 Å². The Kier molecular flexibility index (Phi) is 27.9. The Morgan fingerprint density at radius 3 is 0.944 bits per heavy atom. The van der Waals surface area contributed by atoms with Crippen LogP contribution in [0.3, 0.4) is 0 Å². The van der Waals surface area contributed by atoms with Crippen LogP contribution in [0.25, 0.3) is 0 Å². The van der Waals surface area contributed by atoms with E-state index in [1.54, 1.807) is 0 Å². The molecule has 0 rings (SSSR count). The zero-order valence-electron chi connectivity index (χ0n) is 25.6. The maximum absolute atomic E-state index is 10.3. The van der Waals surface area contributed by atoms with E-state index in [-0.39, 0.29) is 0 Å². The molecule has 2 N–H and O–H groups in total. The first-order valence-electron chi connectivity index (χ1n) is 16.9. The average Bonchev–Trinajstić information content (AvgIpc) is 2.86. The van der Waals surface area contributed by atoms with E-state index in [1.165, 1.54) is 141 Å². The third-order valence-corrected chi connectivity index (χ3v) is 8.35. The second-order valence-corrected chi connectivity index (χ2v) is 12.5. The molecule has 0 bridgehead atoms. The number of unbranched alkanes of at least 4 members (excludes halogenated alkanes) is 18. The van der Waals surface area contributed by atoms with Gasteiger partial charge in [0.2, 0.25) is 0 Å². The molecule has 0 aliphatic heterocycles. The monoisotopic (exact) mass is 511 g/mol. The van der Waals surface area contributed by atoms with Gasteiger partial charge < -0.3 is 10.2 Å². The molecule has 4 unspecified atom stereocenters. The summed E-state index contributed by atoms with van der Waals surface area (Å²) in [5.41, 5.74) is 0. The molecule has 36 heavy (non-hydrogen) atoms. The minimum absolute atomic E-state index is 0.517. The second kappa shape index (κ2) is 27.9. The van der Waals surface area contributed by atoms with Gasteiger partial charge in [-0.1, -0.05) is 175 Å². The van der Waals surface area contributed by atoms with Gasteiger partial charge in [0.15, 0.2) is 0 Å². The number of aliphatic hydroxyl groups excluding tert-OH is 2. The molecular formula is C34H70O2. The molecule has 0 aromatic rings. The third kappa shape index (κ3) is 25.6. The van der Waals surface area contributed by atoms with Crippen LogP contribution in [0.2, 0.25) is 0 Å². The molecule has 2 heteroatoms. The van der Waals surface area contributed by atoms with Crippen LogP contribution in [-0.2, 0) is 0 Å². The molecule has 0 saturated carbocycles. The molecule has 0 aliphatic carbocycles. The lowest BCUT2D eigenvalue weighted by Gasteiger charge is -2.18. The predicted molar refractivity (Wildman–Crippen MR) is 162 cm³/mol. The fraction of sp³-hybridized carbons (Fsp3) is 1.00. The first-order chi connectivity index (χ1) is 17.5. The van der Waals surface area contributed by atoms with Crippen molar-refractivity contribution in [1.82, 2.24) is 0 Å². The van der Waals surface area contributed by atoms with Crippen molar-refractivity contribution in [2.24, 2.45) is 11.8 Å². The molecule has 0 aromatic carbocycles. The third-order valence-electron chi connectivity index (χ3n) is 8.35. The largest absolute Gasteiger partial charge is 0.390 e. The van der Waals surface area contributed by atoms with Gasteiger partial charge in [-0.15, -0.1) is 0 Å². The average molecular weight is 511 g/mol. The van der Waals surface area contributed by atoms with E-state index in [0.717, 1.165) is 37.5 Å². The van der Waals surface area contributed by atoms with Crippen molar-refractivity contribution in [3.05, 3.63) is 0 Å². The fourth-order valence-corrected chi connectivity index (χ4v) is 5.80. The molecule has 0 fully saturated rings. The van der Waals surface area contributed by atoms with Crippen molar-refractivity contribution >= 4 is 0 Å². The van der Waals surface area contributed by atoms with Crippen molar-refractivity contribution in [1.29, 1.82) is 0 Å². The van der Waals surface area contributed by atoms with Crippen molar-refractivity contribution in [3.63, 3.8) is 0 Å². The van der Waals surface area contributed by atoms with E-state index >= 15 is 0 Å². The van der Waals surface area contributed by atoms with Crippen molar-refractivity contribution in [2.45, 2.75) is 207 Å². The highest BCUT2D eigenvalue weighted by Gasteiger charge is 2.15. The molecule has 0 aromatic heterocycles. The maximum Gasteiger partial charge on any atom is 0.0799 e. The summed E-state index contributed by atoms with van der Waals surface area (Å²) in [7, 11) is 0. The quantitative estimate of drug-likeness (QED) is 0.0982. The zero-order chi connectivity index (χ0) is 26.7. The highest BCUT2D eigenvalue weighted by atomic mass is 16.3. The summed E-state index contributed by atoms with van der Waals surface area (Å²) >= 11 is 0. The van der Waals surface area contributed by atoms with Crippen LogP contribution in [0.5, 0.6) is 0 Å². The van der Waals surface area contributed by atoms with E-state index in [1.807, 2.05) is 0 Å². The van der Waals surface area contributed by atoms with Gasteiger partial charge in [-0.05, 0) is 31.1 Å². The smallest absolute Gasteiger partial charge is 0.0799 e. The summed E-state index contributed by atoms with van der Waals surface area (Å²) in [6, 6.07) is 0. The fourth-order valence-electron chi connectivity index (χ4n) is 5.80. The molecule has 4 atom stereocenters. The Morgan fingerprint density at radius 2 is 0.611 bits per heavy atom. The van der Waals surface area contributed by atoms with Gasteiger partial charge in [-0.25, -0.2) is 0 Å². The highest BCUT2D eigenvalue weighted by Crippen LogP contribution is 2.23. The molecular weight excluding hydrogens is 440 g/mol. The number of aliphatic hydroxyl groups is 2. The minimum Gasteiger partial charge on any atom is -0.390 e. The van der Waals surface area contributed by atoms with Crippen molar-refractivity contribution < 1.29 is 10.2 Å². The van der Waals surface area contributed by atoms with Crippen molar-refractivity contribution in [3.8, 4) is 0 Å². The predicted octanol–water partition coefficient (Wildman–Crippen LogP) is 11.2. The van der Waals surface area contributed by atoms with Crippen LogP contribution in [0.1, 0.15) is 195 Å². The van der Waals surface area contributed by atoms with Crippen LogP contribution in [-0.4, -0.2) is 22.4 Å². The Hall–Kier alpha value is -0.0800. The lowest BCUT2D eigenvalue weighted by Crippen LogP contribution is -2.25. The first kappa shape index (κ1) is 35.9. The Balaban J connectivity index is 3.46. The summed E-state index contributed by atoms with van der Waals surface area (Å²) in [5, 5.41) is 20.6. The van der Waals surface area contributed by atoms with Crippen LogP contribution in [0.15, 0.2) is 0 Å². The Bertz CT molecular complexity index is 410. The molecule has 0 spiro atoms. The zero-order valence-corrected chi connectivity index (χ0v) is 25.6. The summed E-state index contributed by atoms with van der Waals surface area (Å²) in [6.45, 7) is 9.44. The molecule has 0 heterocycles. The normalized spacial score (nSPS) is 15.2. The summed E-state index contributed by atoms with van der Waals surface area (Å²) in [5.74, 6) is 1.72. The molecule has 0 aliphatic rings. The Morgan fingerprint density at radius 1 is 0.361 bits per heavy atom. The van der Waals surface area contributed by atoms with Crippen molar-refractivity contribution in [2.75, 3.05) is 0 Å².